The molecule has 3 heterocycles. The molecular formula is C19H18N6O3. The number of pyridine rings is 1. The summed E-state index contributed by atoms with van der Waals surface area (Å²) in [7, 11) is 0. The molecule has 2 aromatic heterocycles. The second-order valence-electron chi connectivity index (χ2n) is 6.24. The molecule has 9 heteroatoms. The van der Waals surface area contributed by atoms with E-state index in [1.54, 1.807) is 42.3 Å². The minimum Gasteiger partial charge on any atom is -0.479 e. The SMILES string of the molecule is C[C@H]1Oc2ccccc2N(CCC(=O)Nc2n[nH]c(-c3ccccn3)n2)C1=O. The van der Waals surface area contributed by atoms with Gasteiger partial charge in [0.15, 0.2) is 11.9 Å². The van der Waals surface area contributed by atoms with Crippen LogP contribution >= 0.6 is 0 Å². The number of para-hydroxylation sites is 2. The van der Waals surface area contributed by atoms with Gasteiger partial charge in [-0.3, -0.25) is 25.0 Å². The second-order valence-corrected chi connectivity index (χ2v) is 6.24. The number of carbonyl (C=O) groups is 2. The van der Waals surface area contributed by atoms with E-state index >= 15 is 0 Å². The summed E-state index contributed by atoms with van der Waals surface area (Å²) in [6.45, 7) is 1.92. The largest absolute Gasteiger partial charge is 0.479 e. The Bertz CT molecular complexity index is 1000. The fraction of sp³-hybridized carbons (Fsp3) is 0.211. The van der Waals surface area contributed by atoms with Crippen molar-refractivity contribution in [3.8, 4) is 17.3 Å². The van der Waals surface area contributed by atoms with Crippen LogP contribution in [0.2, 0.25) is 0 Å². The number of benzene rings is 1. The molecule has 0 spiro atoms. The number of carbonyl (C=O) groups excluding carboxylic acids is 2. The average Bonchev–Trinajstić information content (AvgIpc) is 3.17. The molecule has 0 saturated carbocycles. The zero-order valence-corrected chi connectivity index (χ0v) is 15.1. The summed E-state index contributed by atoms with van der Waals surface area (Å²) in [4.78, 5) is 34.7. The summed E-state index contributed by atoms with van der Waals surface area (Å²) in [5.41, 5.74) is 1.29. The van der Waals surface area contributed by atoms with Crippen LogP contribution in [-0.4, -0.2) is 44.6 Å². The fourth-order valence-corrected chi connectivity index (χ4v) is 2.93. The Labute approximate surface area is 160 Å². The lowest BCUT2D eigenvalue weighted by molar-refractivity contribution is -0.125. The Balaban J connectivity index is 1.40. The van der Waals surface area contributed by atoms with E-state index in [9.17, 15) is 9.59 Å². The molecule has 9 nitrogen and oxygen atoms in total. The Morgan fingerprint density at radius 1 is 1.25 bits per heavy atom. The van der Waals surface area contributed by atoms with E-state index < -0.39 is 6.10 Å². The summed E-state index contributed by atoms with van der Waals surface area (Å²) >= 11 is 0. The molecule has 1 aliphatic heterocycles. The first-order valence-electron chi connectivity index (χ1n) is 8.82. The van der Waals surface area contributed by atoms with E-state index in [0.717, 1.165) is 0 Å². The number of nitrogens with zero attached hydrogens (tertiary/aromatic N) is 4. The molecule has 1 aliphatic rings. The van der Waals surface area contributed by atoms with Crippen molar-refractivity contribution in [3.63, 3.8) is 0 Å². The Kier molecular flexibility index (Phi) is 4.71. The van der Waals surface area contributed by atoms with Gasteiger partial charge in [0.05, 0.1) is 5.69 Å². The van der Waals surface area contributed by atoms with Crippen LogP contribution in [0.1, 0.15) is 13.3 Å². The average molecular weight is 378 g/mol. The van der Waals surface area contributed by atoms with Crippen molar-refractivity contribution in [2.45, 2.75) is 19.4 Å². The number of aromatic amines is 1. The first-order chi connectivity index (χ1) is 13.6. The summed E-state index contributed by atoms with van der Waals surface area (Å²) in [6.07, 6.45) is 1.15. The number of nitrogens with one attached hydrogen (secondary N) is 2. The van der Waals surface area contributed by atoms with E-state index in [1.165, 1.54) is 0 Å². The topological polar surface area (TPSA) is 113 Å². The number of hydrogen-bond donors (Lipinski definition) is 2. The zero-order chi connectivity index (χ0) is 19.5. The molecule has 0 radical (unpaired) electrons. The maximum atomic E-state index is 12.5. The van der Waals surface area contributed by atoms with Gasteiger partial charge >= 0.3 is 0 Å². The van der Waals surface area contributed by atoms with Crippen molar-refractivity contribution < 1.29 is 14.3 Å². The van der Waals surface area contributed by atoms with Gasteiger partial charge in [-0.15, -0.1) is 5.10 Å². The van der Waals surface area contributed by atoms with E-state index in [2.05, 4.69) is 25.5 Å². The Hall–Kier alpha value is -3.75. The van der Waals surface area contributed by atoms with Gasteiger partial charge in [-0.25, -0.2) is 0 Å². The molecule has 4 rings (SSSR count). The van der Waals surface area contributed by atoms with Crippen LogP contribution < -0.4 is 15.0 Å². The first-order valence-corrected chi connectivity index (χ1v) is 8.82. The van der Waals surface area contributed by atoms with Crippen molar-refractivity contribution in [2.24, 2.45) is 0 Å². The highest BCUT2D eigenvalue weighted by Gasteiger charge is 2.31. The normalized spacial score (nSPS) is 15.7. The molecular weight excluding hydrogens is 360 g/mol. The van der Waals surface area contributed by atoms with Crippen LogP contribution in [0, 0.1) is 0 Å². The van der Waals surface area contributed by atoms with Crippen LogP contribution in [0.15, 0.2) is 48.7 Å². The van der Waals surface area contributed by atoms with Crippen LogP contribution in [0.5, 0.6) is 5.75 Å². The number of fused-ring (bicyclic) bond motifs is 1. The molecule has 142 valence electrons. The minimum atomic E-state index is -0.591. The molecule has 1 aromatic carbocycles. The number of ether oxygens (including phenoxy) is 1. The van der Waals surface area contributed by atoms with Gasteiger partial charge < -0.3 is 9.64 Å². The molecule has 0 aliphatic carbocycles. The van der Waals surface area contributed by atoms with Crippen LogP contribution in [0.4, 0.5) is 11.6 Å². The van der Waals surface area contributed by atoms with Crippen molar-refractivity contribution in [3.05, 3.63) is 48.7 Å². The number of rotatable bonds is 5. The predicted octanol–water partition coefficient (Wildman–Crippen LogP) is 2.01. The lowest BCUT2D eigenvalue weighted by Gasteiger charge is -2.32. The molecule has 0 unspecified atom stereocenters. The standard InChI is InChI=1S/C19H18N6O3/c1-12-18(27)25(14-7-2-3-8-15(14)28-12)11-9-16(26)21-19-22-17(23-24-19)13-6-4-5-10-20-13/h2-8,10,12H,9,11H2,1H3,(H2,21,22,23,24,26)/t12-/m1/s1. The molecule has 0 saturated heterocycles. The Morgan fingerprint density at radius 2 is 2.07 bits per heavy atom. The first kappa shape index (κ1) is 17.7. The van der Waals surface area contributed by atoms with Crippen LogP contribution in [0.3, 0.4) is 0 Å². The van der Waals surface area contributed by atoms with Gasteiger partial charge in [-0.05, 0) is 31.2 Å². The van der Waals surface area contributed by atoms with E-state index in [-0.39, 0.29) is 30.7 Å². The monoisotopic (exact) mass is 378 g/mol. The van der Waals surface area contributed by atoms with Crippen LogP contribution in [-0.2, 0) is 9.59 Å². The van der Waals surface area contributed by atoms with Gasteiger partial charge in [-0.1, -0.05) is 18.2 Å². The third-order valence-corrected chi connectivity index (χ3v) is 4.28. The summed E-state index contributed by atoms with van der Waals surface area (Å²) < 4.78 is 5.60. The molecule has 3 aromatic rings. The maximum Gasteiger partial charge on any atom is 0.267 e. The molecule has 1 atom stereocenters. The minimum absolute atomic E-state index is 0.0975. The van der Waals surface area contributed by atoms with E-state index in [4.69, 9.17) is 4.74 Å². The third-order valence-electron chi connectivity index (χ3n) is 4.28. The van der Waals surface area contributed by atoms with E-state index in [0.29, 0.717) is 23.0 Å². The van der Waals surface area contributed by atoms with Crippen molar-refractivity contribution >= 4 is 23.5 Å². The van der Waals surface area contributed by atoms with Crippen LogP contribution in [0.25, 0.3) is 11.5 Å². The number of H-pyrrole nitrogens is 1. The van der Waals surface area contributed by atoms with Crippen molar-refractivity contribution in [1.82, 2.24) is 20.2 Å². The van der Waals surface area contributed by atoms with Gasteiger partial charge in [-0.2, -0.15) is 4.98 Å². The van der Waals surface area contributed by atoms with Gasteiger partial charge in [0.1, 0.15) is 11.4 Å². The zero-order valence-electron chi connectivity index (χ0n) is 15.1. The summed E-state index contributed by atoms with van der Waals surface area (Å²) in [5.74, 6) is 0.775. The highest BCUT2D eigenvalue weighted by molar-refractivity contribution is 6.00. The second kappa shape index (κ2) is 7.47. The number of anilines is 2. The lowest BCUT2D eigenvalue weighted by atomic mass is 10.1. The number of amides is 2. The highest BCUT2D eigenvalue weighted by atomic mass is 16.5. The molecule has 28 heavy (non-hydrogen) atoms. The number of aromatic nitrogens is 4. The van der Waals surface area contributed by atoms with Crippen molar-refractivity contribution in [1.29, 1.82) is 0 Å². The number of hydrogen-bond acceptors (Lipinski definition) is 6. The molecule has 2 N–H and O–H groups in total. The van der Waals surface area contributed by atoms with Gasteiger partial charge in [0.25, 0.3) is 5.91 Å². The molecule has 0 fully saturated rings. The van der Waals surface area contributed by atoms with E-state index in [1.807, 2.05) is 18.2 Å². The smallest absolute Gasteiger partial charge is 0.267 e. The highest BCUT2D eigenvalue weighted by Crippen LogP contribution is 2.33. The van der Waals surface area contributed by atoms with Gasteiger partial charge in [0.2, 0.25) is 11.9 Å². The Morgan fingerprint density at radius 3 is 2.89 bits per heavy atom. The lowest BCUT2D eigenvalue weighted by Crippen LogP contribution is -2.45. The predicted molar refractivity (Wildman–Crippen MR) is 102 cm³/mol. The van der Waals surface area contributed by atoms with Crippen molar-refractivity contribution in [2.75, 3.05) is 16.8 Å². The molecule has 2 amide bonds. The third kappa shape index (κ3) is 3.54. The maximum absolute atomic E-state index is 12.5. The summed E-state index contributed by atoms with van der Waals surface area (Å²) in [5, 5.41) is 9.35. The fourth-order valence-electron chi connectivity index (χ4n) is 2.93. The summed E-state index contributed by atoms with van der Waals surface area (Å²) in [6, 6.07) is 12.7. The molecule has 0 bridgehead atoms. The van der Waals surface area contributed by atoms with Gasteiger partial charge in [0, 0.05) is 19.2 Å². The quantitative estimate of drug-likeness (QED) is 0.702.